The summed E-state index contributed by atoms with van der Waals surface area (Å²) < 4.78 is 19.0. The Kier molecular flexibility index (Phi) is 4.92. The molecule has 0 radical (unpaired) electrons. The summed E-state index contributed by atoms with van der Waals surface area (Å²) in [6.07, 6.45) is 0. The molecule has 0 N–H and O–H groups in total. The Hall–Kier alpha value is -0.520. The Morgan fingerprint density at radius 2 is 1.84 bits per heavy atom. The maximum Gasteiger partial charge on any atom is 0.124 e. The molecule has 0 aliphatic carbocycles. The molecule has 2 aromatic carbocycles. The van der Waals surface area contributed by atoms with E-state index in [4.69, 9.17) is 27.9 Å². The van der Waals surface area contributed by atoms with Crippen molar-refractivity contribution in [2.45, 2.75) is 5.38 Å². The van der Waals surface area contributed by atoms with E-state index in [0.29, 0.717) is 10.8 Å². The molecule has 0 bridgehead atoms. The Balaban J connectivity index is 2.41. The Morgan fingerprint density at radius 3 is 2.42 bits per heavy atom. The molecule has 0 saturated carbocycles. The second kappa shape index (κ2) is 6.29. The quantitative estimate of drug-likeness (QED) is 0.484. The predicted octanol–water partition coefficient (Wildman–Crippen LogP) is 5.42. The summed E-state index contributed by atoms with van der Waals surface area (Å²) in [5, 5.41) is 0.102. The number of halogens is 4. The van der Waals surface area contributed by atoms with Gasteiger partial charge in [0.05, 0.1) is 12.5 Å². The van der Waals surface area contributed by atoms with Crippen LogP contribution in [0, 0.1) is 9.39 Å². The Bertz CT molecular complexity index is 604. The summed E-state index contributed by atoms with van der Waals surface area (Å²) in [5.41, 5.74) is 1.60. The number of benzene rings is 2. The predicted molar refractivity (Wildman–Crippen MR) is 84.8 cm³/mol. The molecule has 100 valence electrons. The number of ether oxygens (including phenoxy) is 1. The van der Waals surface area contributed by atoms with E-state index >= 15 is 0 Å². The van der Waals surface area contributed by atoms with Crippen LogP contribution in [0.5, 0.6) is 5.75 Å². The topological polar surface area (TPSA) is 9.23 Å². The molecule has 1 nitrogen and oxygen atoms in total. The maximum absolute atomic E-state index is 13.1. The third kappa shape index (κ3) is 3.33. The third-order valence-corrected chi connectivity index (χ3v) is 4.45. The average molecular weight is 411 g/mol. The second-order valence-electron chi connectivity index (χ2n) is 3.92. The van der Waals surface area contributed by atoms with Gasteiger partial charge in [-0.2, -0.15) is 0 Å². The van der Waals surface area contributed by atoms with E-state index in [9.17, 15) is 4.39 Å². The van der Waals surface area contributed by atoms with Gasteiger partial charge in [0.2, 0.25) is 0 Å². The van der Waals surface area contributed by atoms with Crippen LogP contribution in [0.3, 0.4) is 0 Å². The van der Waals surface area contributed by atoms with Crippen molar-refractivity contribution in [3.05, 3.63) is 61.9 Å². The summed E-state index contributed by atoms with van der Waals surface area (Å²) in [6.45, 7) is 0. The van der Waals surface area contributed by atoms with Gasteiger partial charge in [-0.3, -0.25) is 0 Å². The van der Waals surface area contributed by atoms with Crippen molar-refractivity contribution in [1.82, 2.24) is 0 Å². The first kappa shape index (κ1) is 14.9. The van der Waals surface area contributed by atoms with E-state index in [1.165, 1.54) is 12.1 Å². The minimum Gasteiger partial charge on any atom is -0.497 e. The van der Waals surface area contributed by atoms with Crippen molar-refractivity contribution in [3.63, 3.8) is 0 Å². The molecule has 1 atom stereocenters. The van der Waals surface area contributed by atoms with Crippen LogP contribution in [-0.2, 0) is 0 Å². The molecule has 0 heterocycles. The van der Waals surface area contributed by atoms with Gasteiger partial charge < -0.3 is 4.74 Å². The molecule has 0 aromatic heterocycles. The molecular weight excluding hydrogens is 401 g/mol. The zero-order valence-electron chi connectivity index (χ0n) is 9.96. The lowest BCUT2D eigenvalue weighted by atomic mass is 10.0. The highest BCUT2D eigenvalue weighted by Crippen LogP contribution is 2.37. The minimum absolute atomic E-state index is 0.280. The molecule has 0 amide bonds. The van der Waals surface area contributed by atoms with Gasteiger partial charge in [0.25, 0.3) is 0 Å². The van der Waals surface area contributed by atoms with Gasteiger partial charge in [-0.1, -0.05) is 23.7 Å². The molecule has 0 fully saturated rings. The van der Waals surface area contributed by atoms with Gasteiger partial charge >= 0.3 is 0 Å². The van der Waals surface area contributed by atoms with Crippen molar-refractivity contribution in [3.8, 4) is 5.75 Å². The fourth-order valence-corrected chi connectivity index (χ4v) is 3.40. The zero-order chi connectivity index (χ0) is 14.0. The van der Waals surface area contributed by atoms with E-state index < -0.39 is 5.38 Å². The van der Waals surface area contributed by atoms with E-state index in [1.807, 2.05) is 6.07 Å². The lowest BCUT2D eigenvalue weighted by Gasteiger charge is -2.14. The number of rotatable bonds is 3. The molecule has 0 saturated heterocycles. The number of hydrogen-bond donors (Lipinski definition) is 0. The standard InChI is InChI=1S/C14H10Cl2FIO/c1-19-9-3-5-10(12(15)7-9)14(16)11-4-2-8(17)6-13(11)18/h2-7,14H,1H3. The maximum atomic E-state index is 13.1. The van der Waals surface area contributed by atoms with Gasteiger partial charge in [0.15, 0.2) is 0 Å². The molecule has 19 heavy (non-hydrogen) atoms. The van der Waals surface area contributed by atoms with Crippen molar-refractivity contribution in [2.75, 3.05) is 7.11 Å². The molecule has 1 unspecified atom stereocenters. The van der Waals surface area contributed by atoms with Crippen molar-refractivity contribution in [1.29, 1.82) is 0 Å². The summed E-state index contributed by atoms with van der Waals surface area (Å²) in [6, 6.07) is 9.84. The van der Waals surface area contributed by atoms with E-state index in [-0.39, 0.29) is 5.82 Å². The highest BCUT2D eigenvalue weighted by atomic mass is 127. The Labute approximate surface area is 134 Å². The summed E-state index contributed by atoms with van der Waals surface area (Å²) in [4.78, 5) is 0. The molecule has 0 aliphatic heterocycles. The van der Waals surface area contributed by atoms with Crippen LogP contribution in [0.4, 0.5) is 4.39 Å². The van der Waals surface area contributed by atoms with Gasteiger partial charge in [0, 0.05) is 8.59 Å². The van der Waals surface area contributed by atoms with Crippen molar-refractivity contribution in [2.24, 2.45) is 0 Å². The fourth-order valence-electron chi connectivity index (χ4n) is 1.71. The molecule has 2 rings (SSSR count). The van der Waals surface area contributed by atoms with Gasteiger partial charge in [-0.15, -0.1) is 11.6 Å². The molecule has 0 aliphatic rings. The monoisotopic (exact) mass is 410 g/mol. The van der Waals surface area contributed by atoms with Crippen LogP contribution in [0.25, 0.3) is 0 Å². The second-order valence-corrected chi connectivity index (χ2v) is 5.92. The minimum atomic E-state index is -0.425. The van der Waals surface area contributed by atoms with Crippen LogP contribution >= 0.6 is 45.8 Å². The zero-order valence-corrected chi connectivity index (χ0v) is 13.6. The molecule has 5 heteroatoms. The van der Waals surface area contributed by atoms with Crippen molar-refractivity contribution >= 4 is 45.8 Å². The fraction of sp³-hybridized carbons (Fsp3) is 0.143. The first-order valence-corrected chi connectivity index (χ1v) is 7.34. The number of hydrogen-bond acceptors (Lipinski definition) is 1. The molecule has 0 spiro atoms. The van der Waals surface area contributed by atoms with Gasteiger partial charge in [0.1, 0.15) is 11.6 Å². The lowest BCUT2D eigenvalue weighted by molar-refractivity contribution is 0.414. The molecule has 2 aromatic rings. The van der Waals surface area contributed by atoms with Crippen molar-refractivity contribution < 1.29 is 9.13 Å². The van der Waals surface area contributed by atoms with Gasteiger partial charge in [-0.25, -0.2) is 4.39 Å². The van der Waals surface area contributed by atoms with Crippen LogP contribution in [-0.4, -0.2) is 7.11 Å². The van der Waals surface area contributed by atoms with Crippen LogP contribution in [0.15, 0.2) is 36.4 Å². The number of methoxy groups -OCH3 is 1. The highest BCUT2D eigenvalue weighted by Gasteiger charge is 2.17. The normalized spacial score (nSPS) is 12.3. The largest absolute Gasteiger partial charge is 0.497 e. The SMILES string of the molecule is COc1ccc(C(Cl)c2ccc(F)cc2I)c(Cl)c1. The van der Waals surface area contributed by atoms with E-state index in [0.717, 1.165) is 14.7 Å². The van der Waals surface area contributed by atoms with E-state index in [1.54, 1.807) is 25.3 Å². The smallest absolute Gasteiger partial charge is 0.124 e. The van der Waals surface area contributed by atoms with Crippen LogP contribution in [0.1, 0.15) is 16.5 Å². The Morgan fingerprint density at radius 1 is 1.16 bits per heavy atom. The summed E-state index contributed by atoms with van der Waals surface area (Å²) in [5.74, 6) is 0.393. The molecular formula is C14H10Cl2FIO. The number of alkyl halides is 1. The first-order valence-electron chi connectivity index (χ1n) is 5.45. The summed E-state index contributed by atoms with van der Waals surface area (Å²) >= 11 is 14.7. The first-order chi connectivity index (χ1) is 9.02. The lowest BCUT2D eigenvalue weighted by Crippen LogP contribution is -1.98. The highest BCUT2D eigenvalue weighted by molar-refractivity contribution is 14.1. The average Bonchev–Trinajstić information content (AvgIpc) is 2.37. The van der Waals surface area contributed by atoms with Crippen LogP contribution in [0.2, 0.25) is 5.02 Å². The van der Waals surface area contributed by atoms with Gasteiger partial charge in [-0.05, 0) is 58.0 Å². The summed E-state index contributed by atoms with van der Waals surface area (Å²) in [7, 11) is 1.58. The third-order valence-electron chi connectivity index (χ3n) is 2.72. The van der Waals surface area contributed by atoms with E-state index in [2.05, 4.69) is 22.6 Å². The van der Waals surface area contributed by atoms with Crippen LogP contribution < -0.4 is 4.74 Å².